The fourth-order valence-corrected chi connectivity index (χ4v) is 5.01. The average Bonchev–Trinajstić information content (AvgIpc) is 2.79. The van der Waals surface area contributed by atoms with E-state index in [1.807, 2.05) is 6.92 Å². The summed E-state index contributed by atoms with van der Waals surface area (Å²) < 4.78 is 0. The summed E-state index contributed by atoms with van der Waals surface area (Å²) in [5.41, 5.74) is 7.80. The van der Waals surface area contributed by atoms with Crippen molar-refractivity contribution in [2.45, 2.75) is 51.5 Å². The molecule has 1 saturated carbocycles. The molecular formula is C27H30N4O. The molecule has 1 N–H and O–H groups in total. The number of hydrogen-bond acceptors (Lipinski definition) is 4. The Kier molecular flexibility index (Phi) is 5.41. The van der Waals surface area contributed by atoms with Crippen LogP contribution in [0, 0.1) is 6.92 Å². The molecule has 32 heavy (non-hydrogen) atoms. The summed E-state index contributed by atoms with van der Waals surface area (Å²) >= 11 is 0. The van der Waals surface area contributed by atoms with Crippen molar-refractivity contribution in [3.05, 3.63) is 88.5 Å². The lowest BCUT2D eigenvalue weighted by atomic mass is 9.60. The third-order valence-electron chi connectivity index (χ3n) is 7.06. The smallest absolute Gasteiger partial charge is 0.271 e. The molecule has 5 rings (SSSR count). The van der Waals surface area contributed by atoms with Crippen LogP contribution in [-0.2, 0) is 18.4 Å². The molecule has 0 saturated heterocycles. The van der Waals surface area contributed by atoms with Gasteiger partial charge in [-0.3, -0.25) is 9.78 Å². The molecule has 1 amide bonds. The third-order valence-corrected chi connectivity index (χ3v) is 7.06. The molecule has 0 atom stereocenters. The first-order valence-corrected chi connectivity index (χ1v) is 11.6. The first-order valence-electron chi connectivity index (χ1n) is 11.6. The van der Waals surface area contributed by atoms with E-state index in [1.54, 1.807) is 6.20 Å². The van der Waals surface area contributed by atoms with E-state index in [2.05, 4.69) is 75.6 Å². The number of benzene rings is 2. The quantitative estimate of drug-likeness (QED) is 0.649. The Morgan fingerprint density at radius 3 is 2.34 bits per heavy atom. The first-order chi connectivity index (χ1) is 15.6. The van der Waals surface area contributed by atoms with E-state index in [-0.39, 0.29) is 11.3 Å². The van der Waals surface area contributed by atoms with E-state index in [0.717, 1.165) is 24.4 Å². The minimum Gasteiger partial charge on any atom is -0.365 e. The maximum absolute atomic E-state index is 12.2. The summed E-state index contributed by atoms with van der Waals surface area (Å²) in [7, 11) is 0. The summed E-state index contributed by atoms with van der Waals surface area (Å²) in [6.07, 6.45) is 6.14. The Hall–Kier alpha value is -3.21. The predicted octanol–water partition coefficient (Wildman–Crippen LogP) is 4.57. The van der Waals surface area contributed by atoms with Gasteiger partial charge in [-0.1, -0.05) is 48.4 Å². The number of carbonyl (C=O) groups excluding carboxylic acids is 1. The number of amides is 1. The van der Waals surface area contributed by atoms with Gasteiger partial charge in [0.1, 0.15) is 5.69 Å². The van der Waals surface area contributed by atoms with Crippen LogP contribution in [-0.4, -0.2) is 29.0 Å². The molecule has 1 aromatic heterocycles. The second-order valence-corrected chi connectivity index (χ2v) is 9.03. The van der Waals surface area contributed by atoms with Crippen LogP contribution in [0.1, 0.15) is 64.8 Å². The standard InChI is InChI=1S/C27H30N4O/c1-3-28-26(32)24-17-29-23-13-16-31(18-25(23)30-24)22-11-9-21(10-12-22)27(14-4-15-27)20-7-5-19(2)6-8-20/h5-12,17H,3-4,13-16,18H2,1-2H3,(H,28,32). The molecule has 3 aromatic rings. The highest BCUT2D eigenvalue weighted by atomic mass is 16.1. The van der Waals surface area contributed by atoms with Gasteiger partial charge in [-0.25, -0.2) is 4.98 Å². The molecule has 0 bridgehead atoms. The normalized spacial score (nSPS) is 16.8. The Balaban J connectivity index is 1.36. The van der Waals surface area contributed by atoms with Gasteiger partial charge in [-0.15, -0.1) is 0 Å². The number of anilines is 1. The molecule has 0 unspecified atom stereocenters. The summed E-state index contributed by atoms with van der Waals surface area (Å²) in [5, 5.41) is 2.80. The minimum atomic E-state index is -0.161. The van der Waals surface area contributed by atoms with Crippen molar-refractivity contribution in [2.24, 2.45) is 0 Å². The van der Waals surface area contributed by atoms with Crippen molar-refractivity contribution in [3.63, 3.8) is 0 Å². The molecule has 5 nitrogen and oxygen atoms in total. The molecule has 0 radical (unpaired) electrons. The molecule has 1 fully saturated rings. The highest BCUT2D eigenvalue weighted by molar-refractivity contribution is 5.91. The Morgan fingerprint density at radius 1 is 1.03 bits per heavy atom. The van der Waals surface area contributed by atoms with Crippen LogP contribution in [0.5, 0.6) is 0 Å². The Morgan fingerprint density at radius 2 is 1.72 bits per heavy atom. The van der Waals surface area contributed by atoms with Crippen LogP contribution in [0.2, 0.25) is 0 Å². The van der Waals surface area contributed by atoms with E-state index in [1.165, 1.54) is 41.6 Å². The maximum atomic E-state index is 12.2. The lowest BCUT2D eigenvalue weighted by Crippen LogP contribution is -2.36. The fraction of sp³-hybridized carbons (Fsp3) is 0.370. The number of nitrogens with one attached hydrogen (secondary N) is 1. The summed E-state index contributed by atoms with van der Waals surface area (Å²) in [6, 6.07) is 18.2. The van der Waals surface area contributed by atoms with E-state index in [0.29, 0.717) is 18.8 Å². The van der Waals surface area contributed by atoms with Gasteiger partial charge in [0.2, 0.25) is 0 Å². The lowest BCUT2D eigenvalue weighted by Gasteiger charge is -2.43. The molecule has 2 aliphatic rings. The van der Waals surface area contributed by atoms with Gasteiger partial charge in [-0.2, -0.15) is 0 Å². The summed E-state index contributed by atoms with van der Waals surface area (Å²) in [6.45, 7) is 6.22. The van der Waals surface area contributed by atoms with E-state index in [9.17, 15) is 4.79 Å². The zero-order valence-corrected chi connectivity index (χ0v) is 18.9. The van der Waals surface area contributed by atoms with E-state index >= 15 is 0 Å². The number of aromatic nitrogens is 2. The highest BCUT2D eigenvalue weighted by Gasteiger charge is 2.40. The molecule has 0 spiro atoms. The van der Waals surface area contributed by atoms with Gasteiger partial charge in [0.25, 0.3) is 5.91 Å². The van der Waals surface area contributed by atoms with Crippen molar-refractivity contribution in [3.8, 4) is 0 Å². The molecule has 5 heteroatoms. The first kappa shape index (κ1) is 20.7. The van der Waals surface area contributed by atoms with Crippen molar-refractivity contribution < 1.29 is 4.79 Å². The van der Waals surface area contributed by atoms with Crippen LogP contribution < -0.4 is 10.2 Å². The zero-order valence-electron chi connectivity index (χ0n) is 18.9. The van der Waals surface area contributed by atoms with E-state index < -0.39 is 0 Å². The number of nitrogens with zero attached hydrogens (tertiary/aromatic N) is 3. The van der Waals surface area contributed by atoms with Crippen LogP contribution in [0.15, 0.2) is 54.7 Å². The zero-order chi connectivity index (χ0) is 22.1. The molecule has 1 aliphatic heterocycles. The van der Waals surface area contributed by atoms with Crippen molar-refractivity contribution in [1.29, 1.82) is 0 Å². The molecule has 2 heterocycles. The van der Waals surface area contributed by atoms with Crippen LogP contribution >= 0.6 is 0 Å². The van der Waals surface area contributed by atoms with Gasteiger partial charge in [0, 0.05) is 30.6 Å². The topological polar surface area (TPSA) is 58.1 Å². The highest BCUT2D eigenvalue weighted by Crippen LogP contribution is 2.49. The number of carbonyl (C=O) groups is 1. The van der Waals surface area contributed by atoms with Crippen LogP contribution in [0.4, 0.5) is 5.69 Å². The van der Waals surface area contributed by atoms with Gasteiger partial charge >= 0.3 is 0 Å². The molecular weight excluding hydrogens is 396 g/mol. The number of rotatable bonds is 5. The van der Waals surface area contributed by atoms with Crippen molar-refractivity contribution in [1.82, 2.24) is 15.3 Å². The number of fused-ring (bicyclic) bond motifs is 1. The second kappa shape index (κ2) is 8.38. The van der Waals surface area contributed by atoms with Crippen LogP contribution in [0.3, 0.4) is 0 Å². The fourth-order valence-electron chi connectivity index (χ4n) is 5.01. The monoisotopic (exact) mass is 426 g/mol. The van der Waals surface area contributed by atoms with Gasteiger partial charge in [0.05, 0.1) is 24.1 Å². The number of aryl methyl sites for hydroxylation is 1. The average molecular weight is 427 g/mol. The van der Waals surface area contributed by atoms with Gasteiger partial charge in [-0.05, 0) is 49.9 Å². The molecule has 1 aliphatic carbocycles. The van der Waals surface area contributed by atoms with E-state index in [4.69, 9.17) is 0 Å². The predicted molar refractivity (Wildman–Crippen MR) is 127 cm³/mol. The second-order valence-electron chi connectivity index (χ2n) is 9.03. The van der Waals surface area contributed by atoms with Gasteiger partial charge in [0.15, 0.2) is 0 Å². The van der Waals surface area contributed by atoms with Crippen molar-refractivity contribution >= 4 is 11.6 Å². The largest absolute Gasteiger partial charge is 0.365 e. The molecule has 164 valence electrons. The minimum absolute atomic E-state index is 0.160. The lowest BCUT2D eigenvalue weighted by molar-refractivity contribution is 0.0950. The third kappa shape index (κ3) is 3.66. The maximum Gasteiger partial charge on any atom is 0.271 e. The van der Waals surface area contributed by atoms with Crippen LogP contribution in [0.25, 0.3) is 0 Å². The Bertz CT molecular complexity index is 1120. The van der Waals surface area contributed by atoms with Gasteiger partial charge < -0.3 is 10.2 Å². The molecule has 2 aromatic carbocycles. The Labute approximate surface area is 189 Å². The SMILES string of the molecule is CCNC(=O)c1cnc2c(n1)CN(c1ccc(C3(c4ccc(C)cc4)CCC3)cc1)CC2. The summed E-state index contributed by atoms with van der Waals surface area (Å²) in [5.74, 6) is -0.161. The van der Waals surface area contributed by atoms with Crippen molar-refractivity contribution in [2.75, 3.05) is 18.0 Å². The summed E-state index contributed by atoms with van der Waals surface area (Å²) in [4.78, 5) is 23.6. The number of hydrogen-bond donors (Lipinski definition) is 1.